The summed E-state index contributed by atoms with van der Waals surface area (Å²) in [5.41, 5.74) is 0. The third-order valence-electron chi connectivity index (χ3n) is 1.07. The van der Waals surface area contributed by atoms with Crippen LogP contribution in [0.4, 0.5) is 0 Å². The molecule has 0 rings (SSSR count). The van der Waals surface area contributed by atoms with Crippen molar-refractivity contribution in [3.8, 4) is 0 Å². The number of amides is 1. The van der Waals surface area contributed by atoms with E-state index in [9.17, 15) is 9.59 Å². The lowest BCUT2D eigenvalue weighted by molar-refractivity contribution is -0.143. The van der Waals surface area contributed by atoms with Crippen LogP contribution in [0.1, 0.15) is 6.92 Å². The number of ether oxygens (including phenoxy) is 1. The fourth-order valence-electron chi connectivity index (χ4n) is 0.606. The minimum Gasteiger partial charge on any atom is -0.465 e. The van der Waals surface area contributed by atoms with E-state index in [0.717, 1.165) is 0 Å². The average molecular weight is 174 g/mol. The zero-order chi connectivity index (χ0) is 9.40. The van der Waals surface area contributed by atoms with Gasteiger partial charge in [0.05, 0.1) is 13.2 Å². The summed E-state index contributed by atoms with van der Waals surface area (Å²) in [4.78, 5) is 21.5. The smallest absolute Gasteiger partial charge is 0.325 e. The molecule has 0 radical (unpaired) electrons. The Kier molecular flexibility index (Phi) is 6.00. The van der Waals surface area contributed by atoms with Gasteiger partial charge in [0.15, 0.2) is 0 Å². The van der Waals surface area contributed by atoms with Gasteiger partial charge in [0, 0.05) is 0 Å². The largest absolute Gasteiger partial charge is 0.465 e. The average Bonchev–Trinajstić information content (AvgIpc) is 2.02. The van der Waals surface area contributed by atoms with Crippen molar-refractivity contribution in [3.63, 3.8) is 0 Å². The number of carbonyl (C=O) groups is 2. The molecule has 0 saturated heterocycles. The highest BCUT2D eigenvalue weighted by atomic mass is 16.5. The van der Waals surface area contributed by atoms with E-state index in [1.807, 2.05) is 0 Å². The van der Waals surface area contributed by atoms with Crippen LogP contribution in [0.15, 0.2) is 0 Å². The summed E-state index contributed by atoms with van der Waals surface area (Å²) in [6.07, 6.45) is 0. The maximum atomic E-state index is 10.8. The number of nitrogens with one attached hydrogen (secondary N) is 2. The second-order valence-electron chi connectivity index (χ2n) is 2.11. The van der Waals surface area contributed by atoms with Crippen molar-refractivity contribution in [1.82, 2.24) is 10.6 Å². The molecule has 0 atom stereocenters. The number of likely N-dealkylation sites (N-methyl/N-ethyl adjacent to an activating group) is 1. The van der Waals surface area contributed by atoms with Crippen LogP contribution >= 0.6 is 0 Å². The molecule has 0 bridgehead atoms. The summed E-state index contributed by atoms with van der Waals surface area (Å²) in [5.74, 6) is -0.632. The van der Waals surface area contributed by atoms with Gasteiger partial charge >= 0.3 is 5.97 Å². The molecular formula is C7H14N2O3. The van der Waals surface area contributed by atoms with Gasteiger partial charge in [-0.15, -0.1) is 0 Å². The SMILES string of the molecule is CCOC(=O)CNC(=O)CNC. The minimum atomic E-state index is -0.415. The molecule has 0 heterocycles. The van der Waals surface area contributed by atoms with Crippen LogP contribution in [0.25, 0.3) is 0 Å². The van der Waals surface area contributed by atoms with E-state index in [1.54, 1.807) is 14.0 Å². The summed E-state index contributed by atoms with van der Waals surface area (Å²) < 4.78 is 4.60. The fourth-order valence-corrected chi connectivity index (χ4v) is 0.606. The van der Waals surface area contributed by atoms with E-state index in [-0.39, 0.29) is 19.0 Å². The lowest BCUT2D eigenvalue weighted by Crippen LogP contribution is -2.36. The lowest BCUT2D eigenvalue weighted by Gasteiger charge is -2.03. The Morgan fingerprint density at radius 3 is 2.50 bits per heavy atom. The third-order valence-corrected chi connectivity index (χ3v) is 1.07. The van der Waals surface area contributed by atoms with Crippen LogP contribution in [0.5, 0.6) is 0 Å². The third kappa shape index (κ3) is 5.67. The number of carbonyl (C=O) groups excluding carboxylic acids is 2. The Labute approximate surface area is 71.5 Å². The molecule has 0 aliphatic heterocycles. The van der Waals surface area contributed by atoms with E-state index in [2.05, 4.69) is 15.4 Å². The summed E-state index contributed by atoms with van der Waals surface area (Å²) >= 11 is 0. The molecule has 0 aromatic carbocycles. The Morgan fingerprint density at radius 1 is 1.33 bits per heavy atom. The molecule has 0 unspecified atom stereocenters. The van der Waals surface area contributed by atoms with E-state index in [1.165, 1.54) is 0 Å². The molecule has 0 aliphatic rings. The van der Waals surface area contributed by atoms with Crippen molar-refractivity contribution in [2.75, 3.05) is 26.7 Å². The molecule has 0 saturated carbocycles. The van der Waals surface area contributed by atoms with Gasteiger partial charge in [-0.25, -0.2) is 0 Å². The van der Waals surface area contributed by atoms with Gasteiger partial charge in [-0.3, -0.25) is 9.59 Å². The highest BCUT2D eigenvalue weighted by Crippen LogP contribution is 1.74. The topological polar surface area (TPSA) is 67.4 Å². The molecule has 12 heavy (non-hydrogen) atoms. The molecule has 0 aliphatic carbocycles. The first-order chi connectivity index (χ1) is 5.70. The van der Waals surface area contributed by atoms with E-state index >= 15 is 0 Å². The summed E-state index contributed by atoms with van der Waals surface area (Å²) in [7, 11) is 1.66. The van der Waals surface area contributed by atoms with Crippen LogP contribution < -0.4 is 10.6 Å². The first kappa shape index (κ1) is 10.9. The number of hydrogen-bond donors (Lipinski definition) is 2. The van der Waals surface area contributed by atoms with E-state index < -0.39 is 5.97 Å². The quantitative estimate of drug-likeness (QED) is 0.518. The van der Waals surface area contributed by atoms with E-state index in [4.69, 9.17) is 0 Å². The highest BCUT2D eigenvalue weighted by Gasteiger charge is 2.03. The Bertz CT molecular complexity index is 141. The number of esters is 1. The van der Waals surface area contributed by atoms with Crippen LogP contribution in [-0.2, 0) is 14.3 Å². The second kappa shape index (κ2) is 6.60. The van der Waals surface area contributed by atoms with Crippen molar-refractivity contribution in [1.29, 1.82) is 0 Å². The van der Waals surface area contributed by atoms with Crippen LogP contribution in [0.2, 0.25) is 0 Å². The molecular weight excluding hydrogens is 160 g/mol. The summed E-state index contributed by atoms with van der Waals surface area (Å²) in [5, 5.41) is 5.05. The Balaban J connectivity index is 3.40. The number of rotatable bonds is 5. The fraction of sp³-hybridized carbons (Fsp3) is 0.714. The molecule has 2 N–H and O–H groups in total. The van der Waals surface area contributed by atoms with E-state index in [0.29, 0.717) is 6.61 Å². The predicted molar refractivity (Wildman–Crippen MR) is 43.6 cm³/mol. The second-order valence-corrected chi connectivity index (χ2v) is 2.11. The normalized spacial score (nSPS) is 9.17. The zero-order valence-electron chi connectivity index (χ0n) is 7.35. The van der Waals surface area contributed by atoms with Crippen molar-refractivity contribution in [3.05, 3.63) is 0 Å². The molecule has 1 amide bonds. The zero-order valence-corrected chi connectivity index (χ0v) is 7.35. The van der Waals surface area contributed by atoms with Crippen molar-refractivity contribution in [2.45, 2.75) is 6.92 Å². The Morgan fingerprint density at radius 2 is 2.00 bits per heavy atom. The van der Waals surface area contributed by atoms with Gasteiger partial charge in [0.25, 0.3) is 0 Å². The maximum Gasteiger partial charge on any atom is 0.325 e. The van der Waals surface area contributed by atoms with Gasteiger partial charge in [-0.2, -0.15) is 0 Å². The van der Waals surface area contributed by atoms with Gasteiger partial charge in [-0.1, -0.05) is 0 Å². The van der Waals surface area contributed by atoms with Crippen LogP contribution in [0.3, 0.4) is 0 Å². The first-order valence-electron chi connectivity index (χ1n) is 3.77. The van der Waals surface area contributed by atoms with Crippen LogP contribution in [-0.4, -0.2) is 38.6 Å². The lowest BCUT2D eigenvalue weighted by atomic mass is 10.5. The van der Waals surface area contributed by atoms with Crippen LogP contribution in [0, 0.1) is 0 Å². The molecule has 5 heteroatoms. The molecule has 0 aromatic heterocycles. The minimum absolute atomic E-state index is 0.0612. The molecule has 5 nitrogen and oxygen atoms in total. The molecule has 70 valence electrons. The highest BCUT2D eigenvalue weighted by molar-refractivity contribution is 5.83. The van der Waals surface area contributed by atoms with Gasteiger partial charge in [0.2, 0.25) is 5.91 Å². The summed E-state index contributed by atoms with van der Waals surface area (Å²) in [6, 6.07) is 0. The van der Waals surface area contributed by atoms with Crippen molar-refractivity contribution < 1.29 is 14.3 Å². The maximum absolute atomic E-state index is 10.8. The molecule has 0 spiro atoms. The summed E-state index contributed by atoms with van der Waals surface area (Å²) in [6.45, 7) is 2.20. The molecule has 0 fully saturated rings. The van der Waals surface area contributed by atoms with Gasteiger partial charge < -0.3 is 15.4 Å². The monoisotopic (exact) mass is 174 g/mol. The van der Waals surface area contributed by atoms with Crippen molar-refractivity contribution >= 4 is 11.9 Å². The molecule has 0 aromatic rings. The number of hydrogen-bond acceptors (Lipinski definition) is 4. The standard InChI is InChI=1S/C7H14N2O3/c1-3-12-7(11)5-9-6(10)4-8-2/h8H,3-5H2,1-2H3,(H,9,10). The first-order valence-corrected chi connectivity index (χ1v) is 3.77. The predicted octanol–water partition coefficient (Wildman–Crippen LogP) is -1.11. The van der Waals surface area contributed by atoms with Gasteiger partial charge in [-0.05, 0) is 14.0 Å². The Hall–Kier alpha value is -1.10. The van der Waals surface area contributed by atoms with Crippen molar-refractivity contribution in [2.24, 2.45) is 0 Å². The van der Waals surface area contributed by atoms with Gasteiger partial charge in [0.1, 0.15) is 6.54 Å².